The zero-order valence-corrected chi connectivity index (χ0v) is 13.4. The van der Waals surface area contributed by atoms with Gasteiger partial charge in [0.15, 0.2) is 11.6 Å². The molecule has 0 aliphatic carbocycles. The molecule has 21 heavy (non-hydrogen) atoms. The smallest absolute Gasteiger partial charge is 0.167 e. The Morgan fingerprint density at radius 3 is 2.81 bits per heavy atom. The molecule has 0 atom stereocenters. The molecule has 0 saturated heterocycles. The summed E-state index contributed by atoms with van der Waals surface area (Å²) < 4.78 is 21.5. The third kappa shape index (κ3) is 2.73. The van der Waals surface area contributed by atoms with E-state index in [-0.39, 0.29) is 11.6 Å². The Hall–Kier alpha value is -1.30. The van der Waals surface area contributed by atoms with E-state index in [4.69, 9.17) is 27.9 Å². The van der Waals surface area contributed by atoms with E-state index in [1.807, 2.05) is 16.7 Å². The minimum atomic E-state index is -0.435. The molecule has 0 fully saturated rings. The third-order valence-corrected chi connectivity index (χ3v) is 4.62. The van der Waals surface area contributed by atoms with Crippen LogP contribution in [0, 0.1) is 5.82 Å². The summed E-state index contributed by atoms with van der Waals surface area (Å²) in [4.78, 5) is 5.46. The zero-order valence-electron chi connectivity index (χ0n) is 11.1. The SMILES string of the molecule is COc1cc2c(cc1F)nc(CCl)n2Cc1ccc(Cl)s1. The number of hydrogen-bond acceptors (Lipinski definition) is 3. The lowest BCUT2D eigenvalue weighted by Gasteiger charge is -2.07. The monoisotopic (exact) mass is 344 g/mol. The highest BCUT2D eigenvalue weighted by Crippen LogP contribution is 2.28. The highest BCUT2D eigenvalue weighted by Gasteiger charge is 2.15. The van der Waals surface area contributed by atoms with Crippen LogP contribution in [0.15, 0.2) is 24.3 Å². The van der Waals surface area contributed by atoms with Gasteiger partial charge < -0.3 is 9.30 Å². The number of thiophene rings is 1. The van der Waals surface area contributed by atoms with Crippen LogP contribution < -0.4 is 4.74 Å². The molecule has 7 heteroatoms. The van der Waals surface area contributed by atoms with Gasteiger partial charge in [-0.3, -0.25) is 0 Å². The molecule has 110 valence electrons. The number of hydrogen-bond donors (Lipinski definition) is 0. The Morgan fingerprint density at radius 2 is 2.19 bits per heavy atom. The van der Waals surface area contributed by atoms with Crippen molar-refractivity contribution in [2.24, 2.45) is 0 Å². The van der Waals surface area contributed by atoms with E-state index in [0.717, 1.165) is 14.7 Å². The van der Waals surface area contributed by atoms with Gasteiger partial charge in [0.05, 0.1) is 34.9 Å². The predicted octanol–water partition coefficient (Wildman–Crippen LogP) is 4.69. The zero-order chi connectivity index (χ0) is 15.0. The van der Waals surface area contributed by atoms with Gasteiger partial charge >= 0.3 is 0 Å². The number of ether oxygens (including phenoxy) is 1. The average molecular weight is 345 g/mol. The number of alkyl halides is 1. The number of nitrogens with zero attached hydrogens (tertiary/aromatic N) is 2. The predicted molar refractivity (Wildman–Crippen MR) is 84.2 cm³/mol. The summed E-state index contributed by atoms with van der Waals surface area (Å²) in [6.07, 6.45) is 0. The number of methoxy groups -OCH3 is 1. The van der Waals surface area contributed by atoms with Crippen LogP contribution in [0.5, 0.6) is 5.75 Å². The molecule has 0 unspecified atom stereocenters. The first-order valence-corrected chi connectivity index (χ1v) is 7.88. The van der Waals surface area contributed by atoms with Gasteiger partial charge in [0.1, 0.15) is 5.82 Å². The molecule has 3 rings (SSSR count). The van der Waals surface area contributed by atoms with Crippen molar-refractivity contribution in [3.05, 3.63) is 45.1 Å². The van der Waals surface area contributed by atoms with Crippen molar-refractivity contribution in [3.63, 3.8) is 0 Å². The Labute approximate surface area is 134 Å². The van der Waals surface area contributed by atoms with E-state index in [1.165, 1.54) is 24.5 Å². The molecule has 0 aliphatic rings. The molecule has 1 aromatic carbocycles. The van der Waals surface area contributed by atoms with Crippen LogP contribution >= 0.6 is 34.5 Å². The lowest BCUT2D eigenvalue weighted by atomic mass is 10.3. The minimum Gasteiger partial charge on any atom is -0.494 e. The number of aromatic nitrogens is 2. The van der Waals surface area contributed by atoms with Crippen molar-refractivity contribution < 1.29 is 9.13 Å². The van der Waals surface area contributed by atoms with Crippen molar-refractivity contribution >= 4 is 45.6 Å². The van der Waals surface area contributed by atoms with E-state index >= 15 is 0 Å². The highest BCUT2D eigenvalue weighted by molar-refractivity contribution is 7.16. The fourth-order valence-electron chi connectivity index (χ4n) is 2.20. The van der Waals surface area contributed by atoms with Crippen LogP contribution in [0.4, 0.5) is 4.39 Å². The molecule has 2 aromatic heterocycles. The molecule has 0 N–H and O–H groups in total. The third-order valence-electron chi connectivity index (χ3n) is 3.16. The maximum absolute atomic E-state index is 13.8. The number of rotatable bonds is 4. The summed E-state index contributed by atoms with van der Waals surface area (Å²) in [6.45, 7) is 0.588. The quantitative estimate of drug-likeness (QED) is 0.642. The Morgan fingerprint density at radius 1 is 1.38 bits per heavy atom. The summed E-state index contributed by atoms with van der Waals surface area (Å²) in [5.41, 5.74) is 1.35. The molecular weight excluding hydrogens is 334 g/mol. The first kappa shape index (κ1) is 14.6. The molecule has 0 amide bonds. The lowest BCUT2D eigenvalue weighted by molar-refractivity contribution is 0.387. The molecule has 0 saturated carbocycles. The number of benzene rings is 1. The summed E-state index contributed by atoms with van der Waals surface area (Å²) in [5, 5.41) is 0. The van der Waals surface area contributed by atoms with Gasteiger partial charge in [0, 0.05) is 17.0 Å². The topological polar surface area (TPSA) is 27.1 Å². The van der Waals surface area contributed by atoms with Crippen molar-refractivity contribution in [1.82, 2.24) is 9.55 Å². The van der Waals surface area contributed by atoms with Crippen molar-refractivity contribution in [2.45, 2.75) is 12.4 Å². The van der Waals surface area contributed by atoms with E-state index < -0.39 is 5.82 Å². The lowest BCUT2D eigenvalue weighted by Crippen LogP contribution is -2.02. The minimum absolute atomic E-state index is 0.189. The highest BCUT2D eigenvalue weighted by atomic mass is 35.5. The van der Waals surface area contributed by atoms with Gasteiger partial charge in [0.25, 0.3) is 0 Å². The molecular formula is C14H11Cl2FN2OS. The van der Waals surface area contributed by atoms with E-state index in [9.17, 15) is 4.39 Å². The van der Waals surface area contributed by atoms with Gasteiger partial charge in [-0.2, -0.15) is 0 Å². The van der Waals surface area contributed by atoms with Crippen LogP contribution in [-0.4, -0.2) is 16.7 Å². The Kier molecular flexibility index (Phi) is 4.06. The van der Waals surface area contributed by atoms with Crippen LogP contribution in [0.25, 0.3) is 11.0 Å². The van der Waals surface area contributed by atoms with Gasteiger partial charge in [-0.05, 0) is 12.1 Å². The van der Waals surface area contributed by atoms with Crippen LogP contribution in [0.2, 0.25) is 4.34 Å². The van der Waals surface area contributed by atoms with Gasteiger partial charge in [0.2, 0.25) is 0 Å². The van der Waals surface area contributed by atoms with E-state index in [2.05, 4.69) is 4.98 Å². The summed E-state index contributed by atoms with van der Waals surface area (Å²) >= 11 is 13.4. The fraction of sp³-hybridized carbons (Fsp3) is 0.214. The largest absolute Gasteiger partial charge is 0.494 e. The van der Waals surface area contributed by atoms with Gasteiger partial charge in [-0.25, -0.2) is 9.37 Å². The summed E-state index contributed by atoms with van der Waals surface area (Å²) in [5.74, 6) is 0.685. The van der Waals surface area contributed by atoms with Gasteiger partial charge in [-0.1, -0.05) is 11.6 Å². The van der Waals surface area contributed by atoms with Crippen molar-refractivity contribution in [2.75, 3.05) is 7.11 Å². The second-order valence-electron chi connectivity index (χ2n) is 4.43. The average Bonchev–Trinajstić information content (AvgIpc) is 3.02. The molecule has 0 radical (unpaired) electrons. The first-order chi connectivity index (χ1) is 10.1. The Balaban J connectivity index is 2.14. The molecule has 3 nitrogen and oxygen atoms in total. The summed E-state index contributed by atoms with van der Waals surface area (Å²) in [6, 6.07) is 6.81. The maximum Gasteiger partial charge on any atom is 0.167 e. The van der Waals surface area contributed by atoms with Crippen molar-refractivity contribution in [1.29, 1.82) is 0 Å². The first-order valence-electron chi connectivity index (χ1n) is 6.15. The van der Waals surface area contributed by atoms with Crippen LogP contribution in [0.1, 0.15) is 10.7 Å². The molecule has 0 spiro atoms. The molecule has 0 bridgehead atoms. The van der Waals surface area contributed by atoms with E-state index in [0.29, 0.717) is 17.9 Å². The van der Waals surface area contributed by atoms with Crippen LogP contribution in [-0.2, 0) is 12.4 Å². The molecule has 2 heterocycles. The molecule has 3 aromatic rings. The van der Waals surface area contributed by atoms with E-state index in [1.54, 1.807) is 6.07 Å². The second-order valence-corrected chi connectivity index (χ2v) is 6.50. The number of halogens is 3. The summed E-state index contributed by atoms with van der Waals surface area (Å²) in [7, 11) is 1.44. The Bertz CT molecular complexity index is 800. The molecule has 0 aliphatic heterocycles. The normalized spacial score (nSPS) is 11.2. The number of fused-ring (bicyclic) bond motifs is 1. The van der Waals surface area contributed by atoms with Crippen molar-refractivity contribution in [3.8, 4) is 5.75 Å². The fourth-order valence-corrected chi connectivity index (χ4v) is 3.48. The second kappa shape index (κ2) is 5.83. The number of imidazole rings is 1. The van der Waals surface area contributed by atoms with Gasteiger partial charge in [-0.15, -0.1) is 22.9 Å². The standard InChI is InChI=1S/C14H11Cl2FN2OS/c1-20-12-5-11-10(4-9(12)17)18-14(6-15)19(11)7-8-2-3-13(16)21-8/h2-5H,6-7H2,1H3. The maximum atomic E-state index is 13.8. The van der Waals surface area contributed by atoms with Crippen LogP contribution in [0.3, 0.4) is 0 Å².